The zero-order valence-corrected chi connectivity index (χ0v) is 10.9. The number of hydrogen-bond donors (Lipinski definition) is 1. The van der Waals surface area contributed by atoms with Gasteiger partial charge in [-0.1, -0.05) is 24.3 Å². The zero-order valence-electron chi connectivity index (χ0n) is 10.9. The Bertz CT molecular complexity index is 631. The minimum Gasteiger partial charge on any atom is -0.399 e. The second-order valence-corrected chi connectivity index (χ2v) is 5.15. The molecule has 0 heterocycles. The predicted molar refractivity (Wildman–Crippen MR) is 77.4 cm³/mol. The molecule has 0 atom stereocenters. The first-order valence-corrected chi connectivity index (χ1v) is 6.76. The molecule has 0 saturated heterocycles. The molecule has 3 rings (SSSR count). The van der Waals surface area contributed by atoms with E-state index in [2.05, 4.69) is 12.1 Å². The first kappa shape index (κ1) is 12.0. The van der Waals surface area contributed by atoms with Gasteiger partial charge in [-0.3, -0.25) is 4.79 Å². The van der Waals surface area contributed by atoms with Crippen LogP contribution in [-0.4, -0.2) is 5.78 Å². The molecule has 0 spiro atoms. The van der Waals surface area contributed by atoms with E-state index in [1.807, 2.05) is 18.2 Å². The van der Waals surface area contributed by atoms with Gasteiger partial charge in [0, 0.05) is 16.8 Å². The third kappa shape index (κ3) is 2.39. The lowest BCUT2D eigenvalue weighted by molar-refractivity contribution is 0.103. The van der Waals surface area contributed by atoms with Crippen LogP contribution >= 0.6 is 0 Å². The number of rotatable bonds is 2. The topological polar surface area (TPSA) is 43.1 Å². The lowest BCUT2D eigenvalue weighted by Crippen LogP contribution is -2.07. The molecule has 2 N–H and O–H groups in total. The van der Waals surface area contributed by atoms with Crippen molar-refractivity contribution in [2.45, 2.75) is 25.7 Å². The molecule has 0 radical (unpaired) electrons. The number of carbonyl (C=O) groups excluding carboxylic acids is 1. The maximum atomic E-state index is 12.4. The van der Waals surface area contributed by atoms with Crippen molar-refractivity contribution in [3.05, 3.63) is 64.7 Å². The summed E-state index contributed by atoms with van der Waals surface area (Å²) < 4.78 is 0. The van der Waals surface area contributed by atoms with E-state index in [1.54, 1.807) is 12.1 Å². The molecular weight excluding hydrogens is 234 g/mol. The molecule has 1 aliphatic rings. The number of aryl methyl sites for hydroxylation is 2. The van der Waals surface area contributed by atoms with E-state index >= 15 is 0 Å². The normalized spacial score (nSPS) is 13.9. The highest BCUT2D eigenvalue weighted by molar-refractivity contribution is 6.09. The quantitative estimate of drug-likeness (QED) is 0.656. The smallest absolute Gasteiger partial charge is 0.193 e. The van der Waals surface area contributed by atoms with Crippen molar-refractivity contribution < 1.29 is 4.79 Å². The fourth-order valence-electron chi connectivity index (χ4n) is 2.72. The first-order chi connectivity index (χ1) is 9.24. The van der Waals surface area contributed by atoms with Crippen LogP contribution in [0.1, 0.15) is 39.9 Å². The average Bonchev–Trinajstić information content (AvgIpc) is 2.46. The summed E-state index contributed by atoms with van der Waals surface area (Å²) >= 11 is 0. The van der Waals surface area contributed by atoms with Crippen molar-refractivity contribution in [2.75, 3.05) is 5.73 Å². The summed E-state index contributed by atoms with van der Waals surface area (Å²) in [6.45, 7) is 0. The Morgan fingerprint density at radius 2 is 1.63 bits per heavy atom. The Morgan fingerprint density at radius 1 is 0.895 bits per heavy atom. The van der Waals surface area contributed by atoms with Gasteiger partial charge in [0.15, 0.2) is 5.78 Å². The zero-order chi connectivity index (χ0) is 13.2. The maximum absolute atomic E-state index is 12.4. The van der Waals surface area contributed by atoms with Crippen LogP contribution in [0.4, 0.5) is 5.69 Å². The molecule has 0 unspecified atom stereocenters. The van der Waals surface area contributed by atoms with Gasteiger partial charge in [0.25, 0.3) is 0 Å². The number of hydrogen-bond acceptors (Lipinski definition) is 2. The van der Waals surface area contributed by atoms with E-state index in [1.165, 1.54) is 24.0 Å². The number of ketones is 1. The van der Waals surface area contributed by atoms with Crippen molar-refractivity contribution in [3.63, 3.8) is 0 Å². The second-order valence-electron chi connectivity index (χ2n) is 5.15. The van der Waals surface area contributed by atoms with Crippen LogP contribution < -0.4 is 5.73 Å². The largest absolute Gasteiger partial charge is 0.399 e. The monoisotopic (exact) mass is 251 g/mol. The van der Waals surface area contributed by atoms with Crippen LogP contribution in [0.15, 0.2) is 42.5 Å². The highest BCUT2D eigenvalue weighted by Gasteiger charge is 2.14. The van der Waals surface area contributed by atoms with E-state index in [0.29, 0.717) is 11.3 Å². The molecule has 96 valence electrons. The Morgan fingerprint density at radius 3 is 2.42 bits per heavy atom. The number of fused-ring (bicyclic) bond motifs is 1. The van der Waals surface area contributed by atoms with E-state index in [9.17, 15) is 4.79 Å². The molecule has 0 amide bonds. The summed E-state index contributed by atoms with van der Waals surface area (Å²) in [7, 11) is 0. The van der Waals surface area contributed by atoms with Crippen LogP contribution in [0.5, 0.6) is 0 Å². The predicted octanol–water partition coefficient (Wildman–Crippen LogP) is 3.38. The van der Waals surface area contributed by atoms with Crippen molar-refractivity contribution in [1.29, 1.82) is 0 Å². The molecule has 0 aromatic heterocycles. The van der Waals surface area contributed by atoms with Gasteiger partial charge in [-0.2, -0.15) is 0 Å². The molecule has 19 heavy (non-hydrogen) atoms. The molecule has 2 heteroatoms. The van der Waals surface area contributed by atoms with Gasteiger partial charge < -0.3 is 5.73 Å². The SMILES string of the molecule is Nc1cccc(C(=O)c2ccc3c(c2)CCCC3)c1. The van der Waals surface area contributed by atoms with Gasteiger partial charge in [-0.05, 0) is 55.0 Å². The highest BCUT2D eigenvalue weighted by atomic mass is 16.1. The lowest BCUT2D eigenvalue weighted by Gasteiger charge is -2.16. The van der Waals surface area contributed by atoms with E-state index in [0.717, 1.165) is 18.4 Å². The van der Waals surface area contributed by atoms with E-state index in [-0.39, 0.29) is 5.78 Å². The Kier molecular flexibility index (Phi) is 3.08. The van der Waals surface area contributed by atoms with Crippen LogP contribution in [-0.2, 0) is 12.8 Å². The van der Waals surface area contributed by atoms with Crippen LogP contribution in [0.2, 0.25) is 0 Å². The van der Waals surface area contributed by atoms with Crippen LogP contribution in [0.3, 0.4) is 0 Å². The minimum absolute atomic E-state index is 0.0562. The third-order valence-electron chi connectivity index (χ3n) is 3.76. The Hall–Kier alpha value is -2.09. The highest BCUT2D eigenvalue weighted by Crippen LogP contribution is 2.23. The minimum atomic E-state index is 0.0562. The number of benzene rings is 2. The van der Waals surface area contributed by atoms with Gasteiger partial charge in [0.2, 0.25) is 0 Å². The van der Waals surface area contributed by atoms with Crippen LogP contribution in [0, 0.1) is 0 Å². The second kappa shape index (κ2) is 4.88. The Labute approximate surface area is 113 Å². The number of anilines is 1. The summed E-state index contributed by atoms with van der Waals surface area (Å²) in [5, 5.41) is 0. The molecule has 2 aromatic rings. The van der Waals surface area contributed by atoms with Crippen LogP contribution in [0.25, 0.3) is 0 Å². The maximum Gasteiger partial charge on any atom is 0.193 e. The van der Waals surface area contributed by atoms with Crippen molar-refractivity contribution in [3.8, 4) is 0 Å². The standard InChI is InChI=1S/C17H17NO/c18-16-7-3-6-14(11-16)17(19)15-9-8-12-4-1-2-5-13(12)10-15/h3,6-11H,1-2,4-5,18H2. The van der Waals surface area contributed by atoms with Crippen molar-refractivity contribution in [1.82, 2.24) is 0 Å². The Balaban J connectivity index is 1.96. The number of carbonyl (C=O) groups is 1. The summed E-state index contributed by atoms with van der Waals surface area (Å²) in [6.07, 6.45) is 4.72. The van der Waals surface area contributed by atoms with E-state index in [4.69, 9.17) is 5.73 Å². The molecular formula is C17H17NO. The lowest BCUT2D eigenvalue weighted by atomic mass is 9.89. The van der Waals surface area contributed by atoms with Crippen molar-refractivity contribution >= 4 is 11.5 Å². The number of nitrogen functional groups attached to an aromatic ring is 1. The molecule has 0 bridgehead atoms. The molecule has 0 fully saturated rings. The van der Waals surface area contributed by atoms with Gasteiger partial charge in [-0.15, -0.1) is 0 Å². The summed E-state index contributed by atoms with van der Waals surface area (Å²) in [4.78, 5) is 12.4. The summed E-state index contributed by atoms with van der Waals surface area (Å²) in [5.74, 6) is 0.0562. The van der Waals surface area contributed by atoms with Crippen molar-refractivity contribution in [2.24, 2.45) is 0 Å². The third-order valence-corrected chi connectivity index (χ3v) is 3.76. The first-order valence-electron chi connectivity index (χ1n) is 6.76. The molecule has 0 saturated carbocycles. The van der Waals surface area contributed by atoms with Gasteiger partial charge >= 0.3 is 0 Å². The van der Waals surface area contributed by atoms with Gasteiger partial charge in [-0.25, -0.2) is 0 Å². The average molecular weight is 251 g/mol. The van der Waals surface area contributed by atoms with Gasteiger partial charge in [0.05, 0.1) is 0 Å². The number of nitrogens with two attached hydrogens (primary N) is 1. The molecule has 0 aliphatic heterocycles. The molecule has 2 aromatic carbocycles. The van der Waals surface area contributed by atoms with Gasteiger partial charge in [0.1, 0.15) is 0 Å². The summed E-state index contributed by atoms with van der Waals surface area (Å²) in [5.41, 5.74) is 10.5. The summed E-state index contributed by atoms with van der Waals surface area (Å²) in [6, 6.07) is 13.3. The fraction of sp³-hybridized carbons (Fsp3) is 0.235. The fourth-order valence-corrected chi connectivity index (χ4v) is 2.72. The molecule has 2 nitrogen and oxygen atoms in total. The molecule has 1 aliphatic carbocycles. The van der Waals surface area contributed by atoms with E-state index < -0.39 is 0 Å².